The number of ether oxygens (including phenoxy) is 2. The van der Waals surface area contributed by atoms with E-state index in [1.54, 1.807) is 0 Å². The van der Waals surface area contributed by atoms with Crippen LogP contribution in [0.25, 0.3) is 0 Å². The van der Waals surface area contributed by atoms with Crippen LogP contribution in [-0.2, 0) is 19.1 Å². The predicted octanol–water partition coefficient (Wildman–Crippen LogP) is 28.2. The summed E-state index contributed by atoms with van der Waals surface area (Å²) in [7, 11) is 0. The summed E-state index contributed by atoms with van der Waals surface area (Å²) < 4.78 is 10.8. The van der Waals surface area contributed by atoms with Crippen molar-refractivity contribution in [1.29, 1.82) is 0 Å². The minimum Gasteiger partial charge on any atom is -0.462 e. The van der Waals surface area contributed by atoms with Gasteiger partial charge in [-0.15, -0.1) is 0 Å². The second-order valence-electron chi connectivity index (χ2n) is 27.5. The normalized spacial score (nSPS) is 12.4. The van der Waals surface area contributed by atoms with Gasteiger partial charge in [-0.05, 0) is 77.0 Å². The zero-order valence-electron chi connectivity index (χ0n) is 59.8. The van der Waals surface area contributed by atoms with Crippen molar-refractivity contribution >= 4 is 11.9 Å². The average Bonchev–Trinajstić information content (AvgIpc) is 3.56. The molecule has 0 amide bonds. The van der Waals surface area contributed by atoms with Crippen molar-refractivity contribution in [2.24, 2.45) is 0 Å². The first-order valence-corrected chi connectivity index (χ1v) is 40.2. The van der Waals surface area contributed by atoms with Gasteiger partial charge in [-0.3, -0.25) is 9.59 Å². The Morgan fingerprint density at radius 1 is 0.261 bits per heavy atom. The van der Waals surface area contributed by atoms with Crippen LogP contribution in [0.4, 0.5) is 0 Å². The lowest BCUT2D eigenvalue weighted by atomic mass is 10.0. The molecule has 0 aromatic heterocycles. The Bertz CT molecular complexity index is 1450. The van der Waals surface area contributed by atoms with E-state index in [1.807, 2.05) is 0 Å². The highest BCUT2D eigenvalue weighted by Gasteiger charge is 2.16. The van der Waals surface area contributed by atoms with Crippen molar-refractivity contribution in [3.63, 3.8) is 0 Å². The highest BCUT2D eigenvalue weighted by Crippen LogP contribution is 2.20. The number of carbonyl (C=O) groups is 2. The lowest BCUT2D eigenvalue weighted by molar-refractivity contribution is -0.161. The molecule has 0 heterocycles. The number of carbonyl (C=O) groups excluding carboxylic acids is 2. The molecule has 0 aliphatic rings. The molecule has 0 saturated carbocycles. The summed E-state index contributed by atoms with van der Waals surface area (Å²) in [5.74, 6) is -0.564. The predicted molar refractivity (Wildman–Crippen MR) is 390 cm³/mol. The zero-order chi connectivity index (χ0) is 63.3. The Morgan fingerprint density at radius 3 is 0.693 bits per heavy atom. The van der Waals surface area contributed by atoms with E-state index in [-0.39, 0.29) is 25.2 Å². The highest BCUT2D eigenvalue weighted by atomic mass is 16.6. The van der Waals surface area contributed by atoms with E-state index < -0.39 is 6.10 Å². The Kier molecular flexibility index (Phi) is 77.2. The van der Waals surface area contributed by atoms with Crippen molar-refractivity contribution in [1.82, 2.24) is 0 Å². The van der Waals surface area contributed by atoms with Gasteiger partial charge in [-0.2, -0.15) is 0 Å². The smallest absolute Gasteiger partial charge is 0.306 e. The molecule has 5 nitrogen and oxygen atoms in total. The van der Waals surface area contributed by atoms with Crippen LogP contribution in [0.1, 0.15) is 450 Å². The molecular formula is C83H156O5. The van der Waals surface area contributed by atoms with Gasteiger partial charge < -0.3 is 14.6 Å². The van der Waals surface area contributed by atoms with Crippen molar-refractivity contribution < 1.29 is 24.2 Å². The van der Waals surface area contributed by atoms with Gasteiger partial charge >= 0.3 is 11.9 Å². The van der Waals surface area contributed by atoms with Gasteiger partial charge in [0.1, 0.15) is 6.61 Å². The Labute approximate surface area is 551 Å². The number of rotatable bonds is 76. The highest BCUT2D eigenvalue weighted by molar-refractivity contribution is 5.70. The number of hydrogen-bond acceptors (Lipinski definition) is 5. The van der Waals surface area contributed by atoms with Gasteiger partial charge in [0.05, 0.1) is 6.61 Å². The fourth-order valence-corrected chi connectivity index (χ4v) is 12.6. The van der Waals surface area contributed by atoms with Gasteiger partial charge in [0.2, 0.25) is 0 Å². The summed E-state index contributed by atoms with van der Waals surface area (Å²) in [6.07, 6.45) is 108. The first-order valence-electron chi connectivity index (χ1n) is 40.2. The molecule has 0 aliphatic heterocycles. The third-order valence-electron chi connectivity index (χ3n) is 18.6. The lowest BCUT2D eigenvalue weighted by Crippen LogP contribution is -2.28. The van der Waals surface area contributed by atoms with E-state index in [0.29, 0.717) is 12.8 Å². The third-order valence-corrected chi connectivity index (χ3v) is 18.6. The maximum atomic E-state index is 12.4. The minimum absolute atomic E-state index is 0.0596. The molecule has 0 aromatic carbocycles. The zero-order valence-corrected chi connectivity index (χ0v) is 59.8. The molecule has 0 fully saturated rings. The summed E-state index contributed by atoms with van der Waals surface area (Å²) in [5, 5.41) is 9.73. The second-order valence-corrected chi connectivity index (χ2v) is 27.5. The van der Waals surface area contributed by atoms with Crippen LogP contribution >= 0.6 is 0 Å². The van der Waals surface area contributed by atoms with E-state index in [2.05, 4.69) is 62.5 Å². The summed E-state index contributed by atoms with van der Waals surface area (Å²) in [6, 6.07) is 0. The van der Waals surface area contributed by atoms with Gasteiger partial charge in [-0.25, -0.2) is 0 Å². The van der Waals surface area contributed by atoms with Crippen molar-refractivity contribution in [3.05, 3.63) is 48.6 Å². The number of unbranched alkanes of at least 4 members (excludes halogenated alkanes) is 60. The number of hydrogen-bond donors (Lipinski definition) is 1. The Morgan fingerprint density at radius 2 is 0.455 bits per heavy atom. The average molecular weight is 1230 g/mol. The molecule has 0 rings (SSSR count). The van der Waals surface area contributed by atoms with Gasteiger partial charge in [0.15, 0.2) is 6.10 Å². The molecule has 0 aromatic rings. The van der Waals surface area contributed by atoms with Gasteiger partial charge in [0, 0.05) is 12.8 Å². The number of aliphatic hydroxyl groups is 1. The van der Waals surface area contributed by atoms with E-state index in [0.717, 1.165) is 44.9 Å². The molecule has 0 radical (unpaired) electrons. The molecular weight excluding hydrogens is 1080 g/mol. The standard InChI is InChI=1S/C83H156O5/c1-3-5-7-9-11-13-15-17-19-21-23-25-27-29-31-33-35-37-38-39-40-41-42-43-44-46-47-49-51-53-55-57-59-61-63-65-67-69-71-73-75-77-82(85)87-80-81(79-84)88-83(86)78-76-74-72-70-68-66-64-62-60-58-56-54-52-50-48-45-36-34-32-30-28-26-24-22-20-18-16-14-12-10-8-6-4-2/h16,18,21-24,28,30,81,84H,3-15,17,19-20,25-27,29,31-80H2,1-2H3/b18-16-,23-21-,24-22-,30-28-. The lowest BCUT2D eigenvalue weighted by Gasteiger charge is -2.15. The van der Waals surface area contributed by atoms with Gasteiger partial charge in [-0.1, -0.05) is 409 Å². The first kappa shape index (κ1) is 85.9. The van der Waals surface area contributed by atoms with E-state index in [4.69, 9.17) is 9.47 Å². The fraction of sp³-hybridized carbons (Fsp3) is 0.880. The van der Waals surface area contributed by atoms with Crippen LogP contribution in [-0.4, -0.2) is 36.4 Å². The molecule has 0 spiro atoms. The molecule has 1 unspecified atom stereocenters. The maximum Gasteiger partial charge on any atom is 0.306 e. The van der Waals surface area contributed by atoms with Crippen molar-refractivity contribution in [2.45, 2.75) is 457 Å². The largest absolute Gasteiger partial charge is 0.462 e. The quantitative estimate of drug-likeness (QED) is 0.0373. The van der Waals surface area contributed by atoms with E-state index in [9.17, 15) is 14.7 Å². The monoisotopic (exact) mass is 1230 g/mol. The summed E-state index contributed by atoms with van der Waals surface area (Å²) in [4.78, 5) is 24.7. The molecule has 0 aliphatic carbocycles. The SMILES string of the molecule is CCCCCCC/C=C\C/C=C\C/C=C\CCCCCCCCCCCCCCCCCCCCC(=O)OC(CO)COC(=O)CCCCCCCCCCCCCCCCCCCCCCCCCCCCCCC/C=C\CCCCCCCCCC. The van der Waals surface area contributed by atoms with Gasteiger partial charge in [0.25, 0.3) is 0 Å². The third kappa shape index (κ3) is 76.3. The molecule has 5 heteroatoms. The second kappa shape index (κ2) is 79.1. The molecule has 1 N–H and O–H groups in total. The molecule has 1 atom stereocenters. The summed E-state index contributed by atoms with van der Waals surface area (Å²) in [5.41, 5.74) is 0. The van der Waals surface area contributed by atoms with Crippen LogP contribution in [0.3, 0.4) is 0 Å². The topological polar surface area (TPSA) is 72.8 Å². The van der Waals surface area contributed by atoms with Crippen LogP contribution < -0.4 is 0 Å². The van der Waals surface area contributed by atoms with Crippen LogP contribution in [0.5, 0.6) is 0 Å². The summed E-state index contributed by atoms with van der Waals surface area (Å²) in [6.45, 7) is 4.19. The molecule has 0 saturated heterocycles. The van der Waals surface area contributed by atoms with E-state index >= 15 is 0 Å². The number of allylic oxidation sites excluding steroid dienone is 8. The first-order chi connectivity index (χ1) is 43.6. The minimum atomic E-state index is -0.771. The summed E-state index contributed by atoms with van der Waals surface area (Å²) >= 11 is 0. The van der Waals surface area contributed by atoms with Crippen molar-refractivity contribution in [2.75, 3.05) is 13.2 Å². The molecule has 518 valence electrons. The Hall–Kier alpha value is -2.14. The van der Waals surface area contributed by atoms with Crippen LogP contribution in [0, 0.1) is 0 Å². The van der Waals surface area contributed by atoms with Crippen LogP contribution in [0.15, 0.2) is 48.6 Å². The molecule has 88 heavy (non-hydrogen) atoms. The fourth-order valence-electron chi connectivity index (χ4n) is 12.6. The Balaban J connectivity index is 3.36. The number of esters is 2. The van der Waals surface area contributed by atoms with E-state index in [1.165, 1.54) is 379 Å². The maximum absolute atomic E-state index is 12.4. The van der Waals surface area contributed by atoms with Crippen LogP contribution in [0.2, 0.25) is 0 Å². The van der Waals surface area contributed by atoms with Crippen molar-refractivity contribution in [3.8, 4) is 0 Å². The number of aliphatic hydroxyl groups excluding tert-OH is 1. The molecule has 0 bridgehead atoms.